The van der Waals surface area contributed by atoms with Crippen molar-refractivity contribution < 1.29 is 18.1 Å². The number of nitrogens with one attached hydrogen (secondary N) is 1. The maximum Gasteiger partial charge on any atom is 0.263 e. The second kappa shape index (κ2) is 10.2. The molecule has 0 unspecified atom stereocenters. The summed E-state index contributed by atoms with van der Waals surface area (Å²) >= 11 is 4.38. The number of hydrogen-bond acceptors (Lipinski definition) is 3. The summed E-state index contributed by atoms with van der Waals surface area (Å²) in [6.07, 6.45) is 0. The van der Waals surface area contributed by atoms with Gasteiger partial charge in [-0.05, 0) is 0 Å². The Hall–Kier alpha value is 0.330. The third-order valence-corrected chi connectivity index (χ3v) is 2.38. The van der Waals surface area contributed by atoms with Gasteiger partial charge >= 0.3 is 90.1 Å². The van der Waals surface area contributed by atoms with Crippen LogP contribution in [0.25, 0.3) is 0 Å². The van der Waals surface area contributed by atoms with Gasteiger partial charge in [0.05, 0.1) is 0 Å². The van der Waals surface area contributed by atoms with E-state index in [1.54, 1.807) is 0 Å². The molecule has 0 spiro atoms. The van der Waals surface area contributed by atoms with Crippen LogP contribution in [0.2, 0.25) is 3.67 Å². The molecule has 0 aromatic heterocycles. The number of hydrogen-bond donors (Lipinski definition) is 3. The normalized spacial score (nSPS) is 9.61. The van der Waals surface area contributed by atoms with Crippen molar-refractivity contribution in [3.63, 3.8) is 0 Å². The fourth-order valence-corrected chi connectivity index (χ4v) is 1.13. The van der Waals surface area contributed by atoms with Crippen LogP contribution in [0.3, 0.4) is 0 Å². The van der Waals surface area contributed by atoms with Gasteiger partial charge in [0, 0.05) is 11.2 Å². The monoisotopic (exact) mass is 319 g/mol. The molecule has 0 aliphatic heterocycles. The quantitative estimate of drug-likeness (QED) is 0.716. The number of rotatable bonds is 2. The van der Waals surface area contributed by atoms with E-state index in [2.05, 4.69) is 16.5 Å². The van der Waals surface area contributed by atoms with Gasteiger partial charge in [-0.2, -0.15) is 17.7 Å². The van der Waals surface area contributed by atoms with Gasteiger partial charge in [0.15, 0.2) is 0 Å². The molecule has 0 bridgehead atoms. The Morgan fingerprint density at radius 2 is 1.89 bits per heavy atom. The first-order valence-corrected chi connectivity index (χ1v) is 8.60. The van der Waals surface area contributed by atoms with Crippen LogP contribution in [-0.4, -0.2) is 47.2 Å². The van der Waals surface area contributed by atoms with Crippen molar-refractivity contribution in [2.75, 3.05) is 5.32 Å². The van der Waals surface area contributed by atoms with E-state index in [1.807, 2.05) is 31.2 Å². The van der Waals surface area contributed by atoms with Crippen LogP contribution in [0.5, 0.6) is 0 Å². The minimum atomic E-state index is -3.83. The molecule has 0 atom stereocenters. The molecule has 0 aliphatic rings. The maximum atomic E-state index is 11.1. The van der Waals surface area contributed by atoms with E-state index < -0.39 is 9.05 Å². The maximum absolute atomic E-state index is 11.1. The first-order valence-electron chi connectivity index (χ1n) is 4.79. The molecule has 3 N–H and O–H groups in total. The van der Waals surface area contributed by atoms with Gasteiger partial charge in [-0.3, -0.25) is 9.11 Å². The Labute approximate surface area is 136 Å². The average molecular weight is 319 g/mol. The summed E-state index contributed by atoms with van der Waals surface area (Å²) in [5.41, 5.74) is 2.04. The molecule has 0 radical (unpaired) electrons. The first kappa shape index (κ1) is 20.6. The standard InChI is InChI=1S/C9H10NO.Na.H2O3S2.H2S/c1-7-5-3-4-6-9(7)10-8(2)11;;1-5(2,3)4;/h3-6H,2H2,1H3,(H,10,11);;(H2,1,2,3,4);1H2. The number of carbonyl (C=O) groups excluding carboxylic acids is 1. The van der Waals surface area contributed by atoms with E-state index in [4.69, 9.17) is 13.3 Å². The Kier molecular flexibility index (Phi) is 11.6. The van der Waals surface area contributed by atoms with Crippen molar-refractivity contribution in [2.45, 2.75) is 10.6 Å². The molecular weight excluding hydrogens is 305 g/mol. The van der Waals surface area contributed by atoms with E-state index in [9.17, 15) is 4.79 Å². The number of benzene rings is 1. The fraction of sp³-hybridized carbons (Fsp3) is 0.222. The van der Waals surface area contributed by atoms with Crippen LogP contribution in [0.15, 0.2) is 24.3 Å². The van der Waals surface area contributed by atoms with Crippen LogP contribution in [0, 0.1) is 6.92 Å². The van der Waals surface area contributed by atoms with Crippen LogP contribution in [0.4, 0.5) is 5.69 Å². The van der Waals surface area contributed by atoms with Crippen molar-refractivity contribution >= 4 is 73.3 Å². The summed E-state index contributed by atoms with van der Waals surface area (Å²) in [6, 6.07) is 7.80. The summed E-state index contributed by atoms with van der Waals surface area (Å²) in [4.78, 5) is 11.1. The van der Waals surface area contributed by atoms with Crippen LogP contribution in [-0.2, 0) is 25.0 Å². The van der Waals surface area contributed by atoms with Crippen LogP contribution >= 0.6 is 13.5 Å². The van der Waals surface area contributed by atoms with E-state index in [0.717, 1.165) is 39.2 Å². The Morgan fingerprint density at radius 3 is 2.28 bits per heavy atom. The van der Waals surface area contributed by atoms with Crippen molar-refractivity contribution in [1.29, 1.82) is 0 Å². The number of carbonyl (C=O) groups is 1. The zero-order valence-electron chi connectivity index (χ0n) is 10.0. The fourth-order valence-electron chi connectivity index (χ4n) is 0.952. The molecule has 5 nitrogen and oxygen atoms in total. The number of amides is 1. The van der Waals surface area contributed by atoms with Crippen molar-refractivity contribution in [3.8, 4) is 0 Å². The smallest absolute Gasteiger partial charge is 0.263 e. The van der Waals surface area contributed by atoms with Crippen LogP contribution in [0.1, 0.15) is 5.56 Å². The Bertz CT molecular complexity index is 470. The van der Waals surface area contributed by atoms with Crippen molar-refractivity contribution in [3.05, 3.63) is 29.8 Å². The summed E-state index contributed by atoms with van der Waals surface area (Å²) < 4.78 is 24.6. The summed E-state index contributed by atoms with van der Waals surface area (Å²) in [5, 5.41) is 2.86. The summed E-state index contributed by atoms with van der Waals surface area (Å²) in [7, 11) is -3.83. The van der Waals surface area contributed by atoms with E-state index in [-0.39, 0.29) is 19.4 Å². The minimum Gasteiger partial charge on any atom is -0.285 e. The molecule has 0 heterocycles. The molecule has 0 fully saturated rings. The molecule has 1 aromatic carbocycles. The van der Waals surface area contributed by atoms with Gasteiger partial charge in [-0.15, -0.1) is 0 Å². The SMILES string of the molecule is Cc1ccccc1NC(=O)[CH2][Na].O=S(O)(O)=S.S. The predicted octanol–water partition coefficient (Wildman–Crippen LogP) is 1.31. The number of anilines is 1. The molecule has 9 heteroatoms. The molecule has 98 valence electrons. The van der Waals surface area contributed by atoms with Gasteiger partial charge in [0.25, 0.3) is 9.05 Å². The van der Waals surface area contributed by atoms with Crippen molar-refractivity contribution in [1.82, 2.24) is 0 Å². The largest absolute Gasteiger partial charge is 0.285 e. The molecule has 0 aliphatic carbocycles. The Morgan fingerprint density at radius 1 is 1.44 bits per heavy atom. The van der Waals surface area contributed by atoms with E-state index in [1.165, 1.54) is 0 Å². The van der Waals surface area contributed by atoms with Gasteiger partial charge in [0.2, 0.25) is 0 Å². The summed E-state index contributed by atoms with van der Waals surface area (Å²) in [5.74, 6) is 0.121. The molecule has 1 amide bonds. The molecular formula is C9H14NNaO4S3. The van der Waals surface area contributed by atoms with Gasteiger partial charge in [-0.25, -0.2) is 0 Å². The van der Waals surface area contributed by atoms with E-state index in [0.29, 0.717) is 3.67 Å². The summed E-state index contributed by atoms with van der Waals surface area (Å²) in [6.45, 7) is 1.99. The first-order chi connectivity index (χ1) is 7.74. The molecule has 1 aromatic rings. The van der Waals surface area contributed by atoms with Gasteiger partial charge in [0.1, 0.15) is 0 Å². The molecule has 1 rings (SSSR count). The van der Waals surface area contributed by atoms with Gasteiger partial charge < -0.3 is 0 Å². The Balaban J connectivity index is 0. The average Bonchev–Trinajstić information content (AvgIpc) is 2.19. The van der Waals surface area contributed by atoms with E-state index >= 15 is 0 Å². The molecule has 0 saturated heterocycles. The van der Waals surface area contributed by atoms with Crippen LogP contribution < -0.4 is 5.32 Å². The second-order valence-electron chi connectivity index (χ2n) is 3.16. The predicted molar refractivity (Wildman–Crippen MR) is 81.5 cm³/mol. The van der Waals surface area contributed by atoms with Crippen molar-refractivity contribution in [2.24, 2.45) is 0 Å². The third kappa shape index (κ3) is 12.8. The van der Waals surface area contributed by atoms with Gasteiger partial charge in [-0.1, -0.05) is 0 Å². The minimum absolute atomic E-state index is 0. The zero-order valence-corrected chi connectivity index (χ0v) is 14.7. The molecule has 18 heavy (non-hydrogen) atoms. The second-order valence-corrected chi connectivity index (χ2v) is 6.07. The molecule has 0 saturated carbocycles. The number of aryl methyl sites for hydroxylation is 1. The topological polar surface area (TPSA) is 86.6 Å². The zero-order chi connectivity index (χ0) is 13.5. The third-order valence-electron chi connectivity index (χ3n) is 1.74. The number of para-hydroxylation sites is 1.